The smallest absolute Gasteiger partial charge is 0.164 e. The molecule has 0 amide bonds. The molecule has 0 atom stereocenters. The van der Waals surface area contributed by atoms with Crippen molar-refractivity contribution in [3.05, 3.63) is 182 Å². The molecule has 0 spiro atoms. The number of hydrogen-bond donors (Lipinski definition) is 0. The molecule has 0 N–H and O–H groups in total. The Bertz CT molecular complexity index is 3510. The summed E-state index contributed by atoms with van der Waals surface area (Å²) in [4.78, 5) is 15.3. The molecule has 0 radical (unpaired) electrons. The van der Waals surface area contributed by atoms with Crippen molar-refractivity contribution in [1.29, 1.82) is 0 Å². The molecule has 12 aromatic rings. The normalized spacial score (nSPS) is 11.9. The van der Waals surface area contributed by atoms with Gasteiger partial charge in [0.2, 0.25) is 0 Å². The van der Waals surface area contributed by atoms with Gasteiger partial charge in [-0.2, -0.15) is 0 Å². The lowest BCUT2D eigenvalue weighted by Gasteiger charge is -2.09. The van der Waals surface area contributed by atoms with Crippen LogP contribution in [0.25, 0.3) is 114 Å². The van der Waals surface area contributed by atoms with Crippen LogP contribution in [0.2, 0.25) is 0 Å². The first-order valence-corrected chi connectivity index (χ1v) is 19.7. The van der Waals surface area contributed by atoms with Gasteiger partial charge < -0.3 is 4.40 Å². The van der Waals surface area contributed by atoms with Gasteiger partial charge in [-0.15, -0.1) is 11.3 Å². The van der Waals surface area contributed by atoms with Gasteiger partial charge in [-0.25, -0.2) is 15.0 Å². The van der Waals surface area contributed by atoms with Crippen LogP contribution in [-0.4, -0.2) is 19.4 Å². The number of rotatable bonds is 4. The molecular weight excluding hydrogens is 701 g/mol. The maximum atomic E-state index is 5.17. The number of aromatic nitrogens is 4. The standard InChI is InChI=1S/C51H30N4S/c1-3-12-31(13-4-1)32-24-26-34(27-25-32)50-52-49(33-14-5-2-6-15-33)53-51(54-50)35-28-29-42-41(30-35)40-20-9-19-39-37-17-8-7-16-36(37)38-18-10-22-44-46(38)47-43(55(42)48(39)40)21-11-23-45(47)56-44/h1-30H. The Labute approximate surface area is 325 Å². The van der Waals surface area contributed by atoms with E-state index in [1.807, 2.05) is 35.6 Å². The average Bonchev–Trinajstić information content (AvgIpc) is 3.84. The van der Waals surface area contributed by atoms with Gasteiger partial charge in [0.05, 0.1) is 16.6 Å². The van der Waals surface area contributed by atoms with E-state index in [4.69, 9.17) is 15.0 Å². The van der Waals surface area contributed by atoms with Crippen molar-refractivity contribution in [3.8, 4) is 45.3 Å². The second kappa shape index (κ2) is 12.2. The topological polar surface area (TPSA) is 43.1 Å². The van der Waals surface area contributed by atoms with E-state index in [1.54, 1.807) is 0 Å². The molecule has 4 heterocycles. The maximum Gasteiger partial charge on any atom is 0.164 e. The first kappa shape index (κ1) is 31.2. The summed E-state index contributed by atoms with van der Waals surface area (Å²) in [5.74, 6) is 1.93. The van der Waals surface area contributed by atoms with Crippen LogP contribution < -0.4 is 0 Å². The third-order valence-corrected chi connectivity index (χ3v) is 12.3. The van der Waals surface area contributed by atoms with E-state index in [0.717, 1.165) is 33.2 Å². The summed E-state index contributed by atoms with van der Waals surface area (Å²) in [6.45, 7) is 0. The molecule has 56 heavy (non-hydrogen) atoms. The highest BCUT2D eigenvalue weighted by Gasteiger charge is 2.20. The fourth-order valence-corrected chi connectivity index (χ4v) is 9.83. The molecule has 0 saturated carbocycles. The Morgan fingerprint density at radius 1 is 0.321 bits per heavy atom. The SMILES string of the molecule is c1ccc(-c2ccc(-c3nc(-c4ccccc4)nc(-c4ccc5c(c4)c4cccc6c7ccccc7c7cccc8sc9cccc(c9c87)n5c64)n3)cc2)cc1. The van der Waals surface area contributed by atoms with Crippen LogP contribution in [0.3, 0.4) is 0 Å². The zero-order valence-corrected chi connectivity index (χ0v) is 30.8. The summed E-state index contributed by atoms with van der Waals surface area (Å²) in [5.41, 5.74) is 8.70. The summed E-state index contributed by atoms with van der Waals surface area (Å²) in [7, 11) is 0. The predicted octanol–water partition coefficient (Wildman–Crippen LogP) is 13.8. The minimum Gasteiger partial charge on any atom is -0.308 e. The minimum atomic E-state index is 0.641. The second-order valence-electron chi connectivity index (χ2n) is 14.4. The first-order chi connectivity index (χ1) is 27.8. The molecule has 0 aliphatic heterocycles. The van der Waals surface area contributed by atoms with Crippen molar-refractivity contribution in [3.63, 3.8) is 0 Å². The summed E-state index contributed by atoms with van der Waals surface area (Å²) in [6, 6.07) is 65.0. The first-order valence-electron chi connectivity index (χ1n) is 18.9. The third-order valence-electron chi connectivity index (χ3n) is 11.2. The van der Waals surface area contributed by atoms with Crippen LogP contribution in [0.15, 0.2) is 182 Å². The highest BCUT2D eigenvalue weighted by molar-refractivity contribution is 7.26. The zero-order valence-electron chi connectivity index (χ0n) is 30.0. The highest BCUT2D eigenvalue weighted by Crippen LogP contribution is 2.44. The lowest BCUT2D eigenvalue weighted by molar-refractivity contribution is 1.07. The molecule has 12 rings (SSSR count). The third kappa shape index (κ3) is 4.68. The fraction of sp³-hybridized carbons (Fsp3) is 0. The zero-order chi connectivity index (χ0) is 36.7. The van der Waals surface area contributed by atoms with E-state index in [2.05, 4.69) is 162 Å². The number of para-hydroxylation sites is 1. The summed E-state index contributed by atoms with van der Waals surface area (Å²) < 4.78 is 5.09. The molecule has 0 aliphatic rings. The van der Waals surface area contributed by atoms with Crippen molar-refractivity contribution < 1.29 is 0 Å². The quantitative estimate of drug-likeness (QED) is 0.181. The monoisotopic (exact) mass is 730 g/mol. The van der Waals surface area contributed by atoms with E-state index in [0.29, 0.717) is 17.5 Å². The molecule has 4 nitrogen and oxygen atoms in total. The lowest BCUT2D eigenvalue weighted by atomic mass is 10.0. The van der Waals surface area contributed by atoms with Crippen molar-refractivity contribution in [2.75, 3.05) is 0 Å². The highest BCUT2D eigenvalue weighted by atomic mass is 32.1. The van der Waals surface area contributed by atoms with Crippen LogP contribution in [0.1, 0.15) is 0 Å². The van der Waals surface area contributed by atoms with Crippen LogP contribution in [0.5, 0.6) is 0 Å². The molecule has 0 saturated heterocycles. The van der Waals surface area contributed by atoms with Crippen molar-refractivity contribution >= 4 is 80.4 Å². The lowest BCUT2D eigenvalue weighted by Crippen LogP contribution is -2.00. The van der Waals surface area contributed by atoms with Crippen LogP contribution in [-0.2, 0) is 0 Å². The van der Waals surface area contributed by atoms with Crippen LogP contribution in [0.4, 0.5) is 0 Å². The molecule has 4 aromatic heterocycles. The molecule has 0 unspecified atom stereocenters. The van der Waals surface area contributed by atoms with Crippen LogP contribution >= 0.6 is 11.3 Å². The van der Waals surface area contributed by atoms with Crippen molar-refractivity contribution in [2.24, 2.45) is 0 Å². The van der Waals surface area contributed by atoms with E-state index in [1.165, 1.54) is 63.7 Å². The van der Waals surface area contributed by atoms with Gasteiger partial charge in [0, 0.05) is 53.0 Å². The molecule has 0 bridgehead atoms. The van der Waals surface area contributed by atoms with Crippen LogP contribution in [0, 0.1) is 0 Å². The van der Waals surface area contributed by atoms with E-state index in [-0.39, 0.29) is 0 Å². The molecule has 8 aromatic carbocycles. The number of nitrogens with zero attached hydrogens (tertiary/aromatic N) is 4. The number of hydrogen-bond acceptors (Lipinski definition) is 4. The largest absolute Gasteiger partial charge is 0.308 e. The summed E-state index contributed by atoms with van der Waals surface area (Å²) in [6.07, 6.45) is 0. The van der Waals surface area contributed by atoms with Gasteiger partial charge in [0.1, 0.15) is 0 Å². The summed E-state index contributed by atoms with van der Waals surface area (Å²) >= 11 is 1.87. The molecule has 260 valence electrons. The molecule has 0 fully saturated rings. The van der Waals surface area contributed by atoms with E-state index < -0.39 is 0 Å². The maximum absolute atomic E-state index is 5.17. The Kier molecular flexibility index (Phi) is 6.76. The van der Waals surface area contributed by atoms with E-state index in [9.17, 15) is 0 Å². The van der Waals surface area contributed by atoms with Crippen molar-refractivity contribution in [2.45, 2.75) is 0 Å². The second-order valence-corrected chi connectivity index (χ2v) is 15.4. The van der Waals surface area contributed by atoms with Crippen molar-refractivity contribution in [1.82, 2.24) is 19.4 Å². The average molecular weight is 731 g/mol. The number of fused-ring (bicyclic) bond motifs is 7. The number of thiophene rings is 1. The Morgan fingerprint density at radius 3 is 1.54 bits per heavy atom. The Morgan fingerprint density at radius 2 is 0.804 bits per heavy atom. The van der Waals surface area contributed by atoms with Gasteiger partial charge in [0.15, 0.2) is 17.5 Å². The number of benzene rings is 8. The van der Waals surface area contributed by atoms with Gasteiger partial charge in [-0.3, -0.25) is 0 Å². The minimum absolute atomic E-state index is 0.641. The van der Waals surface area contributed by atoms with Gasteiger partial charge in [-0.1, -0.05) is 146 Å². The fourth-order valence-electron chi connectivity index (χ4n) is 8.68. The Balaban J connectivity index is 1.15. The molecular formula is C51H30N4S. The Hall–Kier alpha value is -7.21. The molecule has 5 heteroatoms. The summed E-state index contributed by atoms with van der Waals surface area (Å²) in [5, 5.41) is 9.94. The van der Waals surface area contributed by atoms with Gasteiger partial charge >= 0.3 is 0 Å². The van der Waals surface area contributed by atoms with Gasteiger partial charge in [0.25, 0.3) is 0 Å². The predicted molar refractivity (Wildman–Crippen MR) is 235 cm³/mol. The van der Waals surface area contributed by atoms with Gasteiger partial charge in [-0.05, 0) is 63.7 Å². The molecule has 0 aliphatic carbocycles. The van der Waals surface area contributed by atoms with E-state index >= 15 is 0 Å².